The van der Waals surface area contributed by atoms with Crippen molar-refractivity contribution in [2.45, 2.75) is 12.5 Å². The lowest BCUT2D eigenvalue weighted by Crippen LogP contribution is -2.25. The minimum absolute atomic E-state index is 0.123. The number of hydrazine groups is 1. The lowest BCUT2D eigenvalue weighted by Gasteiger charge is -2.16. The van der Waals surface area contributed by atoms with Gasteiger partial charge in [-0.1, -0.05) is 24.3 Å². The average molecular weight is 306 g/mol. The van der Waals surface area contributed by atoms with Crippen LogP contribution in [0.15, 0.2) is 47.8 Å². The quantitative estimate of drug-likeness (QED) is 0.483. The van der Waals surface area contributed by atoms with E-state index in [1.807, 2.05) is 23.6 Å². The molecule has 0 bridgehead atoms. The van der Waals surface area contributed by atoms with Crippen molar-refractivity contribution in [1.29, 1.82) is 0 Å². The van der Waals surface area contributed by atoms with Crippen LogP contribution in [0.3, 0.4) is 0 Å². The largest absolute Gasteiger partial charge is 0.453 e. The van der Waals surface area contributed by atoms with Crippen LogP contribution in [0.25, 0.3) is 0 Å². The second-order valence-corrected chi connectivity index (χ2v) is 5.21. The van der Waals surface area contributed by atoms with Crippen molar-refractivity contribution in [3.05, 3.63) is 68.4 Å². The molecule has 0 radical (unpaired) electrons. The zero-order valence-electron chi connectivity index (χ0n) is 11.1. The van der Waals surface area contributed by atoms with Crippen LogP contribution in [0.4, 0.5) is 0 Å². The fourth-order valence-corrected chi connectivity index (χ4v) is 2.58. The van der Waals surface area contributed by atoms with Crippen LogP contribution < -0.4 is 5.43 Å². The first-order valence-electron chi connectivity index (χ1n) is 6.34. The van der Waals surface area contributed by atoms with Gasteiger partial charge in [0.1, 0.15) is 6.10 Å². The van der Waals surface area contributed by atoms with Crippen molar-refractivity contribution in [3.8, 4) is 0 Å². The van der Waals surface area contributed by atoms with Crippen LogP contribution in [0.2, 0.25) is 0 Å². The number of thiophene rings is 1. The molecule has 0 amide bonds. The van der Waals surface area contributed by atoms with Gasteiger partial charge in [0, 0.05) is 11.3 Å². The number of benzene rings is 1. The molecule has 0 aliphatic heterocycles. The van der Waals surface area contributed by atoms with Gasteiger partial charge in [0.05, 0.1) is 12.1 Å². The Morgan fingerprint density at radius 3 is 2.67 bits per heavy atom. The minimum Gasteiger partial charge on any atom is -0.453 e. The van der Waals surface area contributed by atoms with E-state index in [-0.39, 0.29) is 6.54 Å². The number of carbonyl (C=O) groups excluding carboxylic acids is 1. The lowest BCUT2D eigenvalue weighted by atomic mass is 10.2. The smallest absolute Gasteiger partial charge is 0.338 e. The van der Waals surface area contributed by atoms with Crippen molar-refractivity contribution in [2.75, 3.05) is 6.54 Å². The number of nitrogens with zero attached hydrogens (tertiary/aromatic N) is 1. The SMILES string of the molecule is O=C(OC(CCN[N+](=O)[O-])c1cccs1)c1ccccc1. The van der Waals surface area contributed by atoms with E-state index in [2.05, 4.69) is 5.43 Å². The van der Waals surface area contributed by atoms with E-state index < -0.39 is 17.1 Å². The summed E-state index contributed by atoms with van der Waals surface area (Å²) in [6.07, 6.45) is -0.162. The number of esters is 1. The van der Waals surface area contributed by atoms with E-state index >= 15 is 0 Å². The number of hydrogen-bond acceptors (Lipinski definition) is 5. The van der Waals surface area contributed by atoms with Crippen molar-refractivity contribution in [2.24, 2.45) is 0 Å². The van der Waals surface area contributed by atoms with Crippen LogP contribution in [-0.2, 0) is 4.74 Å². The van der Waals surface area contributed by atoms with Crippen LogP contribution in [0, 0.1) is 10.1 Å². The predicted octanol–water partition coefficient (Wildman–Crippen LogP) is 2.82. The van der Waals surface area contributed by atoms with Crippen LogP contribution in [-0.4, -0.2) is 17.5 Å². The van der Waals surface area contributed by atoms with Gasteiger partial charge in [0.15, 0.2) is 5.03 Å². The van der Waals surface area contributed by atoms with Gasteiger partial charge >= 0.3 is 5.97 Å². The molecule has 2 rings (SSSR count). The van der Waals surface area contributed by atoms with Gasteiger partial charge in [-0.15, -0.1) is 16.8 Å². The van der Waals surface area contributed by atoms with Gasteiger partial charge < -0.3 is 4.74 Å². The van der Waals surface area contributed by atoms with Crippen molar-refractivity contribution in [1.82, 2.24) is 5.43 Å². The highest BCUT2D eigenvalue weighted by Gasteiger charge is 2.19. The number of carbonyl (C=O) groups is 1. The van der Waals surface area contributed by atoms with E-state index in [9.17, 15) is 14.9 Å². The molecule has 1 aromatic heterocycles. The predicted molar refractivity (Wildman–Crippen MR) is 78.5 cm³/mol. The van der Waals surface area contributed by atoms with Gasteiger partial charge in [-0.2, -0.15) is 0 Å². The average Bonchev–Trinajstić information content (AvgIpc) is 3.01. The molecule has 21 heavy (non-hydrogen) atoms. The molecular formula is C14H14N2O4S. The molecule has 2 aromatic rings. The van der Waals surface area contributed by atoms with E-state index in [0.717, 1.165) is 4.88 Å². The topological polar surface area (TPSA) is 81.5 Å². The fourth-order valence-electron chi connectivity index (χ4n) is 1.79. The molecular weight excluding hydrogens is 292 g/mol. The highest BCUT2D eigenvalue weighted by atomic mass is 32.1. The molecule has 1 atom stereocenters. The number of ether oxygens (including phenoxy) is 1. The Morgan fingerprint density at radius 1 is 1.29 bits per heavy atom. The van der Waals surface area contributed by atoms with Gasteiger partial charge in [0.2, 0.25) is 0 Å². The number of nitro groups is 1. The molecule has 0 fully saturated rings. The first kappa shape index (κ1) is 15.0. The molecule has 1 N–H and O–H groups in total. The fraction of sp³-hybridized carbons (Fsp3) is 0.214. The molecule has 7 heteroatoms. The van der Waals surface area contributed by atoms with Crippen LogP contribution >= 0.6 is 11.3 Å². The summed E-state index contributed by atoms with van der Waals surface area (Å²) in [5.41, 5.74) is 2.55. The zero-order valence-corrected chi connectivity index (χ0v) is 11.9. The summed E-state index contributed by atoms with van der Waals surface area (Å²) in [4.78, 5) is 23.2. The Kier molecular flexibility index (Phi) is 5.28. The van der Waals surface area contributed by atoms with E-state index in [1.165, 1.54) is 11.3 Å². The maximum Gasteiger partial charge on any atom is 0.338 e. The van der Waals surface area contributed by atoms with E-state index in [4.69, 9.17) is 4.74 Å². The van der Waals surface area contributed by atoms with Gasteiger partial charge in [-0.3, -0.25) is 0 Å². The summed E-state index contributed by atoms with van der Waals surface area (Å²) in [6, 6.07) is 12.4. The monoisotopic (exact) mass is 306 g/mol. The van der Waals surface area contributed by atoms with Crippen molar-refractivity contribution < 1.29 is 14.6 Å². The summed E-state index contributed by atoms with van der Waals surface area (Å²) in [5.74, 6) is -0.435. The normalized spacial score (nSPS) is 11.6. The zero-order chi connectivity index (χ0) is 15.1. The second-order valence-electron chi connectivity index (χ2n) is 4.23. The molecule has 0 aliphatic carbocycles. The first-order valence-corrected chi connectivity index (χ1v) is 7.22. The summed E-state index contributed by atoms with van der Waals surface area (Å²) < 4.78 is 5.47. The molecule has 6 nitrogen and oxygen atoms in total. The van der Waals surface area contributed by atoms with Crippen molar-refractivity contribution >= 4 is 17.3 Å². The summed E-state index contributed by atoms with van der Waals surface area (Å²) in [7, 11) is 0. The summed E-state index contributed by atoms with van der Waals surface area (Å²) in [5, 5.41) is 11.6. The molecule has 0 spiro atoms. The van der Waals surface area contributed by atoms with Crippen LogP contribution in [0.5, 0.6) is 0 Å². The Bertz CT molecular complexity index is 586. The number of hydrogen-bond donors (Lipinski definition) is 1. The third-order valence-corrected chi connectivity index (χ3v) is 3.73. The maximum absolute atomic E-state index is 12.1. The molecule has 110 valence electrons. The Morgan fingerprint density at radius 2 is 2.05 bits per heavy atom. The molecule has 0 saturated carbocycles. The Hall–Kier alpha value is -2.41. The molecule has 1 heterocycles. The van der Waals surface area contributed by atoms with Gasteiger partial charge in [0.25, 0.3) is 0 Å². The summed E-state index contributed by atoms with van der Waals surface area (Å²) >= 11 is 1.45. The maximum atomic E-state index is 12.1. The Labute approximate surface area is 125 Å². The van der Waals surface area contributed by atoms with Gasteiger partial charge in [-0.25, -0.2) is 14.9 Å². The second kappa shape index (κ2) is 7.39. The summed E-state index contributed by atoms with van der Waals surface area (Å²) in [6.45, 7) is 0.123. The van der Waals surface area contributed by atoms with Gasteiger partial charge in [-0.05, 0) is 23.6 Å². The van der Waals surface area contributed by atoms with E-state index in [0.29, 0.717) is 12.0 Å². The lowest BCUT2D eigenvalue weighted by molar-refractivity contribution is -0.544. The highest BCUT2D eigenvalue weighted by molar-refractivity contribution is 7.10. The third kappa shape index (κ3) is 4.57. The highest BCUT2D eigenvalue weighted by Crippen LogP contribution is 2.26. The van der Waals surface area contributed by atoms with Crippen molar-refractivity contribution in [3.63, 3.8) is 0 Å². The molecule has 1 unspecified atom stereocenters. The molecule has 1 aromatic carbocycles. The van der Waals surface area contributed by atoms with Crippen LogP contribution in [0.1, 0.15) is 27.8 Å². The van der Waals surface area contributed by atoms with E-state index in [1.54, 1.807) is 24.3 Å². The first-order chi connectivity index (χ1) is 10.2. The molecule has 0 saturated heterocycles. The third-order valence-electron chi connectivity index (χ3n) is 2.77. The minimum atomic E-state index is -0.607. The number of rotatable bonds is 7. The number of nitrogens with one attached hydrogen (secondary N) is 1. The standard InChI is InChI=1S/C14H14N2O4S/c17-14(11-5-2-1-3-6-11)20-12(8-9-15-16(18)19)13-7-4-10-21-13/h1-7,10,12,15H,8-9H2. The molecule has 0 aliphatic rings. The Balaban J connectivity index is 2.02.